The zero-order chi connectivity index (χ0) is 11.8. The summed E-state index contributed by atoms with van der Waals surface area (Å²) < 4.78 is 0. The minimum atomic E-state index is 0.972. The average molecular weight is 226 g/mol. The minimum Gasteiger partial charge on any atom is -0.398 e. The van der Waals surface area contributed by atoms with Gasteiger partial charge in [-0.3, -0.25) is 4.98 Å². The number of benzene rings is 1. The molecule has 0 saturated carbocycles. The molecule has 0 aliphatic heterocycles. The smallest absolute Gasteiger partial charge is 0.0758 e. The quantitative estimate of drug-likeness (QED) is 0.810. The number of fused-ring (bicyclic) bond motifs is 2. The summed E-state index contributed by atoms with van der Waals surface area (Å²) in [6, 6.07) is 6.35. The van der Waals surface area contributed by atoms with Crippen LogP contribution in [0.25, 0.3) is 10.9 Å². The first-order valence-corrected chi connectivity index (χ1v) is 6.50. The maximum atomic E-state index is 6.32. The van der Waals surface area contributed by atoms with Crippen molar-refractivity contribution in [3.63, 3.8) is 0 Å². The van der Waals surface area contributed by atoms with Crippen molar-refractivity contribution in [1.29, 1.82) is 0 Å². The number of anilines is 1. The lowest BCUT2D eigenvalue weighted by Crippen LogP contribution is -2.10. The number of nitrogens with two attached hydrogens (primary N) is 1. The summed E-state index contributed by atoms with van der Waals surface area (Å²) in [5, 5.41) is 1.14. The molecule has 0 saturated heterocycles. The zero-order valence-corrected chi connectivity index (χ0v) is 10.3. The lowest BCUT2D eigenvalue weighted by Gasteiger charge is -2.19. The largest absolute Gasteiger partial charge is 0.398 e. The SMILES string of the molecule is CCc1cccc2c(N)c3c(nc12)CCCC3. The molecular formula is C15H18N2. The van der Waals surface area contributed by atoms with Gasteiger partial charge in [0.1, 0.15) is 0 Å². The summed E-state index contributed by atoms with van der Waals surface area (Å²) in [6.07, 6.45) is 5.70. The Bertz CT molecular complexity index is 573. The average Bonchev–Trinajstić information content (AvgIpc) is 2.38. The van der Waals surface area contributed by atoms with Crippen LogP contribution in [0.4, 0.5) is 5.69 Å². The molecule has 2 nitrogen and oxygen atoms in total. The van der Waals surface area contributed by atoms with Crippen LogP contribution in [0.2, 0.25) is 0 Å². The third kappa shape index (κ3) is 1.59. The minimum absolute atomic E-state index is 0.972. The van der Waals surface area contributed by atoms with Gasteiger partial charge in [-0.1, -0.05) is 25.1 Å². The Balaban J connectivity index is 2.35. The first-order chi connectivity index (χ1) is 8.31. The van der Waals surface area contributed by atoms with E-state index in [1.54, 1.807) is 0 Å². The Morgan fingerprint density at radius 1 is 1.24 bits per heavy atom. The Labute approximate surface area is 102 Å². The fraction of sp³-hybridized carbons (Fsp3) is 0.400. The molecule has 3 rings (SSSR count). The van der Waals surface area contributed by atoms with Crippen molar-refractivity contribution in [2.45, 2.75) is 39.0 Å². The summed E-state index contributed by atoms with van der Waals surface area (Å²) >= 11 is 0. The second-order valence-electron chi connectivity index (χ2n) is 4.82. The summed E-state index contributed by atoms with van der Waals surface area (Å²) in [4.78, 5) is 4.87. The monoisotopic (exact) mass is 226 g/mol. The fourth-order valence-corrected chi connectivity index (χ4v) is 2.83. The van der Waals surface area contributed by atoms with E-state index in [4.69, 9.17) is 10.7 Å². The first kappa shape index (κ1) is 10.6. The van der Waals surface area contributed by atoms with Crippen LogP contribution in [0.5, 0.6) is 0 Å². The Hall–Kier alpha value is -1.57. The van der Waals surface area contributed by atoms with E-state index in [0.29, 0.717) is 0 Å². The predicted octanol–water partition coefficient (Wildman–Crippen LogP) is 3.26. The molecule has 17 heavy (non-hydrogen) atoms. The molecular weight excluding hydrogens is 208 g/mol. The highest BCUT2D eigenvalue weighted by Gasteiger charge is 2.17. The van der Waals surface area contributed by atoms with Gasteiger partial charge >= 0.3 is 0 Å². The molecule has 1 heterocycles. The molecule has 1 aromatic heterocycles. The number of pyridine rings is 1. The molecule has 0 fully saturated rings. The highest BCUT2D eigenvalue weighted by molar-refractivity contribution is 5.94. The summed E-state index contributed by atoms with van der Waals surface area (Å²) in [7, 11) is 0. The molecule has 1 aliphatic rings. The summed E-state index contributed by atoms with van der Waals surface area (Å²) in [5.74, 6) is 0. The number of nitrogens with zero attached hydrogens (tertiary/aromatic N) is 1. The lowest BCUT2D eigenvalue weighted by atomic mass is 9.92. The number of nitrogen functional groups attached to an aromatic ring is 1. The molecule has 0 radical (unpaired) electrons. The summed E-state index contributed by atoms with van der Waals surface area (Å²) in [6.45, 7) is 2.17. The van der Waals surface area contributed by atoms with Gasteiger partial charge in [0.2, 0.25) is 0 Å². The molecule has 1 aliphatic carbocycles. The van der Waals surface area contributed by atoms with Crippen LogP contribution in [0, 0.1) is 0 Å². The molecule has 0 amide bonds. The topological polar surface area (TPSA) is 38.9 Å². The van der Waals surface area contributed by atoms with Crippen molar-refractivity contribution >= 4 is 16.6 Å². The van der Waals surface area contributed by atoms with Crippen molar-refractivity contribution < 1.29 is 0 Å². The van der Waals surface area contributed by atoms with Gasteiger partial charge in [0, 0.05) is 16.8 Å². The van der Waals surface area contributed by atoms with Crippen LogP contribution in [0.1, 0.15) is 36.6 Å². The van der Waals surface area contributed by atoms with Crippen molar-refractivity contribution in [3.05, 3.63) is 35.0 Å². The normalized spacial score (nSPS) is 14.9. The van der Waals surface area contributed by atoms with Gasteiger partial charge < -0.3 is 5.73 Å². The predicted molar refractivity (Wildman–Crippen MR) is 72.2 cm³/mol. The van der Waals surface area contributed by atoms with Gasteiger partial charge in [0.15, 0.2) is 0 Å². The number of para-hydroxylation sites is 1. The first-order valence-electron chi connectivity index (χ1n) is 6.50. The standard InChI is InChI=1S/C15H18N2/c1-2-10-6-5-8-12-14(16)11-7-3-4-9-13(11)17-15(10)12/h5-6,8H,2-4,7,9H2,1H3,(H2,16,17). The van der Waals surface area contributed by atoms with Crippen LogP contribution in [-0.2, 0) is 19.3 Å². The molecule has 0 unspecified atom stereocenters. The molecule has 0 spiro atoms. The second kappa shape index (κ2) is 4.02. The van der Waals surface area contributed by atoms with Crippen molar-refractivity contribution in [2.24, 2.45) is 0 Å². The molecule has 1 aromatic carbocycles. The van der Waals surface area contributed by atoms with Gasteiger partial charge in [0.25, 0.3) is 0 Å². The van der Waals surface area contributed by atoms with E-state index in [0.717, 1.165) is 35.9 Å². The molecule has 88 valence electrons. The van der Waals surface area contributed by atoms with E-state index in [-0.39, 0.29) is 0 Å². The van der Waals surface area contributed by atoms with Crippen molar-refractivity contribution in [2.75, 3.05) is 5.73 Å². The Morgan fingerprint density at radius 2 is 2.06 bits per heavy atom. The van der Waals surface area contributed by atoms with E-state index in [2.05, 4.69) is 25.1 Å². The fourth-order valence-electron chi connectivity index (χ4n) is 2.83. The maximum absolute atomic E-state index is 6.32. The van der Waals surface area contributed by atoms with E-state index < -0.39 is 0 Å². The van der Waals surface area contributed by atoms with E-state index in [9.17, 15) is 0 Å². The van der Waals surface area contributed by atoms with Crippen molar-refractivity contribution in [1.82, 2.24) is 4.98 Å². The Morgan fingerprint density at radius 3 is 2.88 bits per heavy atom. The van der Waals surface area contributed by atoms with Crippen LogP contribution in [-0.4, -0.2) is 4.98 Å². The number of aromatic nitrogens is 1. The highest BCUT2D eigenvalue weighted by atomic mass is 14.7. The maximum Gasteiger partial charge on any atom is 0.0758 e. The number of aryl methyl sites for hydroxylation is 2. The van der Waals surface area contributed by atoms with Gasteiger partial charge in [-0.2, -0.15) is 0 Å². The molecule has 2 heteroatoms. The van der Waals surface area contributed by atoms with E-state index in [1.165, 1.54) is 29.7 Å². The highest BCUT2D eigenvalue weighted by Crippen LogP contribution is 2.32. The Kier molecular flexibility index (Phi) is 2.50. The third-order valence-electron chi connectivity index (χ3n) is 3.80. The number of hydrogen-bond acceptors (Lipinski definition) is 2. The third-order valence-corrected chi connectivity index (χ3v) is 3.80. The zero-order valence-electron chi connectivity index (χ0n) is 10.3. The van der Waals surface area contributed by atoms with Crippen molar-refractivity contribution in [3.8, 4) is 0 Å². The molecule has 0 atom stereocenters. The van der Waals surface area contributed by atoms with Crippen LogP contribution in [0.15, 0.2) is 18.2 Å². The van der Waals surface area contributed by atoms with Gasteiger partial charge in [-0.15, -0.1) is 0 Å². The van der Waals surface area contributed by atoms with Gasteiger partial charge in [0.05, 0.1) is 5.52 Å². The van der Waals surface area contributed by atoms with Crippen LogP contribution < -0.4 is 5.73 Å². The van der Waals surface area contributed by atoms with Crippen LogP contribution in [0.3, 0.4) is 0 Å². The van der Waals surface area contributed by atoms with E-state index in [1.807, 2.05) is 0 Å². The molecule has 2 N–H and O–H groups in total. The van der Waals surface area contributed by atoms with Gasteiger partial charge in [-0.25, -0.2) is 0 Å². The molecule has 0 bridgehead atoms. The van der Waals surface area contributed by atoms with Gasteiger partial charge in [-0.05, 0) is 43.2 Å². The number of hydrogen-bond donors (Lipinski definition) is 1. The summed E-state index contributed by atoms with van der Waals surface area (Å²) in [5.41, 5.74) is 12.3. The number of rotatable bonds is 1. The second-order valence-corrected chi connectivity index (χ2v) is 4.82. The lowest BCUT2D eigenvalue weighted by molar-refractivity contribution is 0.672. The molecule has 2 aromatic rings. The van der Waals surface area contributed by atoms with E-state index >= 15 is 0 Å². The van der Waals surface area contributed by atoms with Crippen LogP contribution >= 0.6 is 0 Å².